The van der Waals surface area contributed by atoms with Crippen molar-refractivity contribution in [3.63, 3.8) is 0 Å². The number of nitrogens with one attached hydrogen (secondary N) is 1. The second-order valence-electron chi connectivity index (χ2n) is 7.32. The number of benzene rings is 1. The summed E-state index contributed by atoms with van der Waals surface area (Å²) in [6.45, 7) is 2.54. The maximum Gasteiger partial charge on any atom is 0.235 e. The zero-order valence-corrected chi connectivity index (χ0v) is 14.8. The molecule has 3 aliphatic heterocycles. The summed E-state index contributed by atoms with van der Waals surface area (Å²) in [4.78, 5) is 27.6. The lowest BCUT2D eigenvalue weighted by atomic mass is 9.77. The molecular formula is C20H19N3O4. The number of aryl methyl sites for hydroxylation is 1. The van der Waals surface area contributed by atoms with Gasteiger partial charge in [0.25, 0.3) is 0 Å². The Balaban J connectivity index is 1.38. The van der Waals surface area contributed by atoms with Gasteiger partial charge in [-0.2, -0.15) is 0 Å². The van der Waals surface area contributed by atoms with Crippen LogP contribution in [0.3, 0.4) is 0 Å². The second kappa shape index (κ2) is 5.79. The van der Waals surface area contributed by atoms with Crippen LogP contribution in [0.5, 0.6) is 0 Å². The molecule has 138 valence electrons. The van der Waals surface area contributed by atoms with E-state index in [1.165, 1.54) is 0 Å². The number of hydrogen-bond donors (Lipinski definition) is 1. The number of rotatable bonds is 4. The van der Waals surface area contributed by atoms with E-state index < -0.39 is 17.4 Å². The molecule has 0 unspecified atom stereocenters. The van der Waals surface area contributed by atoms with Crippen molar-refractivity contribution >= 4 is 17.6 Å². The van der Waals surface area contributed by atoms with Crippen LogP contribution in [0.2, 0.25) is 0 Å². The van der Waals surface area contributed by atoms with Gasteiger partial charge in [0, 0.05) is 12.6 Å². The zero-order chi connectivity index (χ0) is 18.6. The average molecular weight is 365 g/mol. The zero-order valence-electron chi connectivity index (χ0n) is 14.8. The van der Waals surface area contributed by atoms with Gasteiger partial charge in [-0.05, 0) is 12.5 Å². The monoisotopic (exact) mass is 365 g/mol. The van der Waals surface area contributed by atoms with Crippen LogP contribution in [0.25, 0.3) is 0 Å². The molecular weight excluding hydrogens is 346 g/mol. The fraction of sp³-hybridized carbons (Fsp3) is 0.350. The SMILES string of the molecule is Cc1cc(N2C[C@]34C=C[C@@H](O3)[C@@H](C(=O)NCc3ccccc3)[C@@H]4C2=O)no1. The van der Waals surface area contributed by atoms with Crippen molar-refractivity contribution in [2.75, 3.05) is 11.4 Å². The molecule has 4 atom stereocenters. The number of aromatic nitrogens is 1. The first-order valence-electron chi connectivity index (χ1n) is 9.01. The summed E-state index contributed by atoms with van der Waals surface area (Å²) in [7, 11) is 0. The van der Waals surface area contributed by atoms with Crippen molar-refractivity contribution in [3.8, 4) is 0 Å². The lowest BCUT2D eigenvalue weighted by Crippen LogP contribution is -2.44. The summed E-state index contributed by atoms with van der Waals surface area (Å²) >= 11 is 0. The highest BCUT2D eigenvalue weighted by atomic mass is 16.5. The molecule has 7 nitrogen and oxygen atoms in total. The van der Waals surface area contributed by atoms with Crippen LogP contribution in [0.4, 0.5) is 5.82 Å². The third-order valence-corrected chi connectivity index (χ3v) is 5.60. The molecule has 0 radical (unpaired) electrons. The van der Waals surface area contributed by atoms with E-state index in [1.54, 1.807) is 17.9 Å². The molecule has 1 aromatic heterocycles. The van der Waals surface area contributed by atoms with E-state index in [0.29, 0.717) is 24.7 Å². The molecule has 0 aliphatic carbocycles. The summed E-state index contributed by atoms with van der Waals surface area (Å²) < 4.78 is 11.2. The standard InChI is InChI=1S/C20H19N3O4/c1-12-9-15(22-27-12)23-11-20-8-7-14(26-20)16(17(20)19(23)25)18(24)21-10-13-5-3-2-4-6-13/h2-9,14,16-17H,10-11H2,1H3,(H,21,24)/t14-,16-,17-,20+/m1/s1. The lowest BCUT2D eigenvalue weighted by Gasteiger charge is -2.23. The first kappa shape index (κ1) is 16.3. The highest BCUT2D eigenvalue weighted by molar-refractivity contribution is 6.02. The number of amides is 2. The molecule has 1 spiro atoms. The highest BCUT2D eigenvalue weighted by Crippen LogP contribution is 2.52. The van der Waals surface area contributed by atoms with Crippen LogP contribution in [0, 0.1) is 18.8 Å². The Hall–Kier alpha value is -2.93. The molecule has 2 saturated heterocycles. The van der Waals surface area contributed by atoms with E-state index in [0.717, 1.165) is 5.56 Å². The Morgan fingerprint density at radius 2 is 2.19 bits per heavy atom. The molecule has 1 aromatic carbocycles. The minimum Gasteiger partial charge on any atom is -0.360 e. The molecule has 2 aromatic rings. The fourth-order valence-electron chi connectivity index (χ4n) is 4.37. The summed E-state index contributed by atoms with van der Waals surface area (Å²) in [6, 6.07) is 11.4. The van der Waals surface area contributed by atoms with Crippen molar-refractivity contribution < 1.29 is 18.8 Å². The number of hydrogen-bond acceptors (Lipinski definition) is 5. The van der Waals surface area contributed by atoms with Crippen molar-refractivity contribution in [1.29, 1.82) is 0 Å². The Morgan fingerprint density at radius 3 is 2.93 bits per heavy atom. The average Bonchev–Trinajstić information content (AvgIpc) is 3.42. The van der Waals surface area contributed by atoms with Gasteiger partial charge < -0.3 is 14.6 Å². The molecule has 5 rings (SSSR count). The van der Waals surface area contributed by atoms with Gasteiger partial charge in [-0.15, -0.1) is 0 Å². The van der Waals surface area contributed by atoms with E-state index in [2.05, 4.69) is 10.5 Å². The molecule has 27 heavy (non-hydrogen) atoms. The Morgan fingerprint density at radius 1 is 1.37 bits per heavy atom. The van der Waals surface area contributed by atoms with E-state index in [-0.39, 0.29) is 17.9 Å². The van der Waals surface area contributed by atoms with E-state index in [1.807, 2.05) is 42.5 Å². The Labute approximate surface area is 156 Å². The van der Waals surface area contributed by atoms with Gasteiger partial charge in [0.2, 0.25) is 11.8 Å². The van der Waals surface area contributed by atoms with Crippen molar-refractivity contribution in [2.24, 2.45) is 11.8 Å². The molecule has 2 bridgehead atoms. The molecule has 1 N–H and O–H groups in total. The number of nitrogens with zero attached hydrogens (tertiary/aromatic N) is 2. The number of fused-ring (bicyclic) bond motifs is 1. The first-order valence-corrected chi connectivity index (χ1v) is 9.01. The van der Waals surface area contributed by atoms with Crippen LogP contribution in [-0.4, -0.2) is 35.2 Å². The van der Waals surface area contributed by atoms with Gasteiger partial charge >= 0.3 is 0 Å². The molecule has 4 heterocycles. The van der Waals surface area contributed by atoms with Crippen molar-refractivity contribution in [2.45, 2.75) is 25.2 Å². The molecule has 7 heteroatoms. The number of carbonyl (C=O) groups excluding carboxylic acids is 2. The molecule has 0 saturated carbocycles. The van der Waals surface area contributed by atoms with Crippen LogP contribution in [0.1, 0.15) is 11.3 Å². The molecule has 2 fully saturated rings. The normalized spacial score (nSPS) is 30.8. The van der Waals surface area contributed by atoms with Crippen molar-refractivity contribution in [3.05, 3.63) is 59.9 Å². The Bertz CT molecular complexity index is 938. The second-order valence-corrected chi connectivity index (χ2v) is 7.32. The third-order valence-electron chi connectivity index (χ3n) is 5.60. The van der Waals surface area contributed by atoms with Gasteiger partial charge in [0.1, 0.15) is 11.4 Å². The smallest absolute Gasteiger partial charge is 0.235 e. The first-order chi connectivity index (χ1) is 13.1. The quantitative estimate of drug-likeness (QED) is 0.832. The fourth-order valence-corrected chi connectivity index (χ4v) is 4.37. The summed E-state index contributed by atoms with van der Waals surface area (Å²) in [6.07, 6.45) is 3.46. The maximum absolute atomic E-state index is 13.1. The van der Waals surface area contributed by atoms with Gasteiger partial charge in [0.15, 0.2) is 5.82 Å². The summed E-state index contributed by atoms with van der Waals surface area (Å²) in [5.74, 6) is -0.290. The lowest BCUT2D eigenvalue weighted by molar-refractivity contribution is -0.132. The topological polar surface area (TPSA) is 84.7 Å². The molecule has 3 aliphatic rings. The van der Waals surface area contributed by atoms with E-state index >= 15 is 0 Å². The summed E-state index contributed by atoms with van der Waals surface area (Å²) in [5.41, 5.74) is 0.251. The summed E-state index contributed by atoms with van der Waals surface area (Å²) in [5, 5.41) is 6.91. The van der Waals surface area contributed by atoms with E-state index in [9.17, 15) is 9.59 Å². The highest BCUT2D eigenvalue weighted by Gasteiger charge is 2.67. The van der Waals surface area contributed by atoms with Crippen LogP contribution >= 0.6 is 0 Å². The van der Waals surface area contributed by atoms with Gasteiger partial charge in [-0.3, -0.25) is 14.5 Å². The van der Waals surface area contributed by atoms with Crippen LogP contribution in [0.15, 0.2) is 53.1 Å². The van der Waals surface area contributed by atoms with Gasteiger partial charge in [0.05, 0.1) is 24.5 Å². The van der Waals surface area contributed by atoms with E-state index in [4.69, 9.17) is 9.26 Å². The maximum atomic E-state index is 13.1. The number of anilines is 1. The minimum absolute atomic E-state index is 0.144. The third kappa shape index (κ3) is 2.42. The molecule has 2 amide bonds. The Kier molecular flexibility index (Phi) is 3.48. The predicted octanol–water partition coefficient (Wildman–Crippen LogP) is 1.59. The van der Waals surface area contributed by atoms with Gasteiger partial charge in [-0.1, -0.05) is 47.6 Å². The van der Waals surface area contributed by atoms with Crippen LogP contribution in [-0.2, 0) is 20.9 Å². The van der Waals surface area contributed by atoms with Crippen molar-refractivity contribution in [1.82, 2.24) is 10.5 Å². The van der Waals surface area contributed by atoms with Gasteiger partial charge in [-0.25, -0.2) is 0 Å². The predicted molar refractivity (Wildman–Crippen MR) is 95.6 cm³/mol. The van der Waals surface area contributed by atoms with Crippen LogP contribution < -0.4 is 10.2 Å². The largest absolute Gasteiger partial charge is 0.360 e. The number of carbonyl (C=O) groups is 2. The number of ether oxygens (including phenoxy) is 1. The minimum atomic E-state index is -0.761.